The molecule has 5 rings (SSSR count). The van der Waals surface area contributed by atoms with Crippen LogP contribution < -0.4 is 0 Å². The van der Waals surface area contributed by atoms with E-state index in [-0.39, 0.29) is 48.8 Å². The lowest BCUT2D eigenvalue weighted by Gasteiger charge is -2.24. The zero-order valence-corrected chi connectivity index (χ0v) is 47.7. The molecule has 0 saturated heterocycles. The third-order valence-corrected chi connectivity index (χ3v) is 12.4. The fraction of sp³-hybridized carbons (Fsp3) is 0.373. The highest BCUT2D eigenvalue weighted by atomic mass is 28.4. The van der Waals surface area contributed by atoms with E-state index in [9.17, 15) is 28.8 Å². The summed E-state index contributed by atoms with van der Waals surface area (Å²) >= 11 is 0. The quantitative estimate of drug-likeness (QED) is 0.0623. The van der Waals surface area contributed by atoms with Gasteiger partial charge < -0.3 is 42.7 Å². The van der Waals surface area contributed by atoms with Crippen LogP contribution >= 0.6 is 0 Å². The fourth-order valence-electron chi connectivity index (χ4n) is 5.57. The number of aliphatic carboxylic acids is 1. The van der Waals surface area contributed by atoms with Gasteiger partial charge >= 0.3 is 44.4 Å². The Morgan fingerprint density at radius 1 is 0.618 bits per heavy atom. The SMILES string of the molecule is C1CC2CCC1C2.C=C(C)C(=O)O.C=C(C)C(=O)OC.C=C(C)C(=O)OC.C=C(C)C(=O)OCC(=O)OCC.C=C(C)C(=O)OC[Si](CO)(OC)OC.C=Cc1ccc2ccccc2c1.C=Cc1ccccc1.CC#N. The number of carboxylic acid groups (broad SMARTS) is 1. The third-order valence-electron chi connectivity index (χ3n) is 9.84. The van der Waals surface area contributed by atoms with Gasteiger partial charge in [0.1, 0.15) is 6.23 Å². The van der Waals surface area contributed by atoms with Crippen molar-refractivity contribution in [1.82, 2.24) is 0 Å². The van der Waals surface area contributed by atoms with Crippen LogP contribution in [-0.2, 0) is 61.3 Å². The van der Waals surface area contributed by atoms with Gasteiger partial charge in [0.05, 0.1) is 33.1 Å². The molecule has 0 spiro atoms. The normalized spacial score (nSPS) is 12.5. The number of carbonyl (C=O) groups is 6. The molecule has 3 aromatic rings. The molecule has 2 aliphatic rings. The molecular weight excluding hydrogens is 991 g/mol. The fourth-order valence-corrected chi connectivity index (χ4v) is 6.67. The molecule has 76 heavy (non-hydrogen) atoms. The van der Waals surface area contributed by atoms with Crippen LogP contribution in [0, 0.1) is 23.2 Å². The number of carbonyl (C=O) groups excluding carboxylic acids is 5. The highest BCUT2D eigenvalue weighted by Crippen LogP contribution is 2.43. The average molecular weight is 1070 g/mol. The smallest absolute Gasteiger partial charge is 0.403 e. The van der Waals surface area contributed by atoms with Crippen molar-refractivity contribution in [3.63, 3.8) is 0 Å². The predicted octanol–water partition coefficient (Wildman–Crippen LogP) is 11.2. The molecule has 0 amide bonds. The molecule has 418 valence electrons. The molecule has 2 N–H and O–H groups in total. The second-order valence-electron chi connectivity index (χ2n) is 16.4. The van der Waals surface area contributed by atoms with Gasteiger partial charge in [-0.05, 0) is 87.8 Å². The Balaban J connectivity index is -0.000000393. The minimum atomic E-state index is -2.75. The molecule has 0 atom stereocenters. The number of esters is 5. The molecule has 0 aromatic heterocycles. The van der Waals surface area contributed by atoms with E-state index in [2.05, 4.69) is 107 Å². The van der Waals surface area contributed by atoms with E-state index in [1.807, 2.05) is 42.5 Å². The van der Waals surface area contributed by atoms with Crippen LogP contribution in [0.5, 0.6) is 0 Å². The molecule has 0 radical (unpaired) electrons. The first-order valence-electron chi connectivity index (χ1n) is 23.8. The molecule has 0 heterocycles. The van der Waals surface area contributed by atoms with Gasteiger partial charge in [0, 0.05) is 49.0 Å². The summed E-state index contributed by atoms with van der Waals surface area (Å²) in [5.41, 5.74) is 3.96. The van der Waals surface area contributed by atoms with Gasteiger partial charge in [-0.25, -0.2) is 28.8 Å². The van der Waals surface area contributed by atoms with E-state index in [1.54, 1.807) is 65.9 Å². The summed E-state index contributed by atoms with van der Waals surface area (Å²) < 4.78 is 32.5. The summed E-state index contributed by atoms with van der Waals surface area (Å²) in [4.78, 5) is 62.4. The van der Waals surface area contributed by atoms with Gasteiger partial charge in [0.25, 0.3) is 0 Å². The van der Waals surface area contributed by atoms with Gasteiger partial charge in [-0.3, -0.25) is 0 Å². The van der Waals surface area contributed by atoms with E-state index >= 15 is 0 Å². The molecule has 0 unspecified atom stereocenters. The predicted molar refractivity (Wildman–Crippen MR) is 303 cm³/mol. The number of hydrogen-bond acceptors (Lipinski definition) is 15. The van der Waals surface area contributed by atoms with Crippen LogP contribution in [0.25, 0.3) is 22.9 Å². The number of nitriles is 1. The standard InChI is InChI=1S/C12H10.C8H16O5Si.C8H12O4.C8H8.C7H12.2C5H8O2.C4H6O2.C2H3N/c1-2-10-7-8-11-5-3-4-6-12(11)9-10;1-7(2)8(10)13-6-14(5-9,11-3)12-4;1-4-11-7(9)5-12-8(10)6(2)3;1-2-8-6-4-3-5-7-8;1-2-7-4-3-6(1)5-7;2*1-4(2)5(6)7-3;1-3(2)4(5)6;1-2-3/h2-9H,1H2;9H,1,5-6H2,2-4H3;2,4-5H2,1,3H3;2-7H,1H2;6-7H,1-5H2;2*1H2,2-3H3;1H2,2H3,(H,5,6);1H3. The van der Waals surface area contributed by atoms with E-state index in [0.29, 0.717) is 16.7 Å². The summed E-state index contributed by atoms with van der Waals surface area (Å²) in [5, 5.41) is 26.8. The van der Waals surface area contributed by atoms with Gasteiger partial charge in [-0.15, -0.1) is 0 Å². The van der Waals surface area contributed by atoms with Crippen molar-refractivity contribution in [2.45, 2.75) is 80.6 Å². The molecule has 16 nitrogen and oxygen atoms in total. The Hall–Kier alpha value is -7.49. The Morgan fingerprint density at radius 3 is 1.30 bits per heavy atom. The van der Waals surface area contributed by atoms with Gasteiger partial charge in [-0.1, -0.05) is 151 Å². The van der Waals surface area contributed by atoms with Crippen molar-refractivity contribution in [1.29, 1.82) is 5.26 Å². The lowest BCUT2D eigenvalue weighted by atomic mass is 10.0. The topological polar surface area (TPSA) is 231 Å². The summed E-state index contributed by atoms with van der Waals surface area (Å²) in [7, 11) is 2.74. The number of nitrogens with zero attached hydrogens (tertiary/aromatic N) is 1. The van der Waals surface area contributed by atoms with Crippen molar-refractivity contribution < 1.29 is 71.5 Å². The lowest BCUT2D eigenvalue weighted by Crippen LogP contribution is -2.50. The minimum Gasteiger partial charge on any atom is -0.478 e. The molecule has 0 aliphatic heterocycles. The van der Waals surface area contributed by atoms with Crippen LogP contribution in [0.1, 0.15) is 91.7 Å². The van der Waals surface area contributed by atoms with Gasteiger partial charge in [-0.2, -0.15) is 5.26 Å². The number of aliphatic hydroxyl groups excluding tert-OH is 1. The van der Waals surface area contributed by atoms with E-state index < -0.39 is 32.4 Å². The first-order valence-corrected chi connectivity index (χ1v) is 26.0. The Labute approximate surface area is 452 Å². The average Bonchev–Trinajstić information content (AvgIpc) is 4.09. The zero-order chi connectivity index (χ0) is 59.2. The number of hydrogen-bond donors (Lipinski definition) is 2. The number of methoxy groups -OCH3 is 2. The molecule has 2 aliphatic carbocycles. The summed E-state index contributed by atoms with van der Waals surface area (Å²) in [6.45, 7) is 34.8. The van der Waals surface area contributed by atoms with Crippen molar-refractivity contribution >= 4 is 67.3 Å². The largest absolute Gasteiger partial charge is 0.478 e. The molecule has 2 fully saturated rings. The van der Waals surface area contributed by atoms with Gasteiger partial charge in [0.15, 0.2) is 6.61 Å². The lowest BCUT2D eigenvalue weighted by molar-refractivity contribution is -0.156. The van der Waals surface area contributed by atoms with Crippen LogP contribution in [-0.4, -0.2) is 109 Å². The van der Waals surface area contributed by atoms with Crippen molar-refractivity contribution in [2.24, 2.45) is 11.8 Å². The number of ether oxygens (including phenoxy) is 5. The van der Waals surface area contributed by atoms with E-state index in [0.717, 1.165) is 0 Å². The number of fused-ring (bicyclic) bond motifs is 3. The van der Waals surface area contributed by atoms with E-state index in [4.69, 9.17) is 29.1 Å². The number of benzene rings is 3. The maximum Gasteiger partial charge on any atom is 0.403 e. The zero-order valence-electron chi connectivity index (χ0n) is 46.7. The van der Waals surface area contributed by atoms with Crippen LogP contribution in [0.15, 0.2) is 147 Å². The first-order chi connectivity index (χ1) is 35.8. The minimum absolute atomic E-state index is 0.0395. The Morgan fingerprint density at radius 2 is 1.01 bits per heavy atom. The highest BCUT2D eigenvalue weighted by Gasteiger charge is 2.37. The Bertz CT molecular complexity index is 2280. The van der Waals surface area contributed by atoms with Crippen LogP contribution in [0.4, 0.5) is 0 Å². The summed E-state index contributed by atoms with van der Waals surface area (Å²) in [6.07, 6.45) is 11.2. The summed E-state index contributed by atoms with van der Waals surface area (Å²) in [6, 6.07) is 26.4. The van der Waals surface area contributed by atoms with Crippen molar-refractivity contribution in [2.75, 3.05) is 54.1 Å². The number of rotatable bonds is 15. The van der Waals surface area contributed by atoms with Crippen LogP contribution in [0.2, 0.25) is 0 Å². The van der Waals surface area contributed by atoms with E-state index in [1.165, 1.54) is 82.9 Å². The first kappa shape index (κ1) is 75.0. The highest BCUT2D eigenvalue weighted by molar-refractivity contribution is 6.67. The summed E-state index contributed by atoms with van der Waals surface area (Å²) in [5.74, 6) is -0.926. The molecule has 2 saturated carbocycles. The molecule has 3 aromatic carbocycles. The molecule has 17 heteroatoms. The third kappa shape index (κ3) is 39.0. The second-order valence-corrected chi connectivity index (χ2v) is 19.6. The molecule has 2 bridgehead atoms. The maximum absolute atomic E-state index is 11.0. The number of carboxylic acids is 1. The van der Waals surface area contributed by atoms with Crippen molar-refractivity contribution in [3.05, 3.63) is 158 Å². The maximum atomic E-state index is 11.0. The second kappa shape index (κ2) is 46.1. The number of aliphatic hydroxyl groups is 1. The van der Waals surface area contributed by atoms with Crippen LogP contribution in [0.3, 0.4) is 0 Å². The van der Waals surface area contributed by atoms with Gasteiger partial charge in [0.2, 0.25) is 0 Å². The monoisotopic (exact) mass is 1070 g/mol. The van der Waals surface area contributed by atoms with Crippen molar-refractivity contribution in [3.8, 4) is 6.07 Å². The Kier molecular flexibility index (Phi) is 45.5. The molecular formula is C59H83NO15Si.